The fourth-order valence-electron chi connectivity index (χ4n) is 1.49. The molecule has 0 radical (unpaired) electrons. The maximum atomic E-state index is 8.30. The molecule has 0 aliphatic rings. The van der Waals surface area contributed by atoms with Crippen LogP contribution in [0, 0.1) is 0 Å². The third kappa shape index (κ3) is 3.41. The topological polar surface area (TPSA) is 110 Å². The lowest BCUT2D eigenvalue weighted by atomic mass is 10.2. The van der Waals surface area contributed by atoms with E-state index in [0.717, 1.165) is 11.4 Å². The van der Waals surface area contributed by atoms with E-state index in [2.05, 4.69) is 25.4 Å². The van der Waals surface area contributed by atoms with Crippen LogP contribution in [0.1, 0.15) is 0 Å². The molecule has 0 unspecified atom stereocenters. The molecule has 7 heteroatoms. The van der Waals surface area contributed by atoms with E-state index in [4.69, 9.17) is 11.1 Å². The van der Waals surface area contributed by atoms with Crippen molar-refractivity contribution in [2.24, 2.45) is 10.2 Å². The second-order valence-corrected chi connectivity index (χ2v) is 3.60. The van der Waals surface area contributed by atoms with Crippen molar-refractivity contribution < 1.29 is 0 Å². The van der Waals surface area contributed by atoms with Crippen LogP contribution < -0.4 is 5.32 Å². The maximum Gasteiger partial charge on any atom is 0.0384 e. The van der Waals surface area contributed by atoms with Crippen LogP contribution in [0.4, 0.5) is 22.7 Å². The summed E-state index contributed by atoms with van der Waals surface area (Å²) in [5.74, 6) is 0. The minimum atomic E-state index is 0.562. The van der Waals surface area contributed by atoms with E-state index in [1.54, 1.807) is 24.3 Å². The van der Waals surface area contributed by atoms with Gasteiger partial charge in [0, 0.05) is 32.6 Å². The number of azide groups is 2. The summed E-state index contributed by atoms with van der Waals surface area (Å²) in [6.45, 7) is 0. The monoisotopic (exact) mass is 251 g/mol. The number of anilines is 2. The van der Waals surface area contributed by atoms with E-state index < -0.39 is 0 Å². The molecule has 0 atom stereocenters. The summed E-state index contributed by atoms with van der Waals surface area (Å²) in [5.41, 5.74) is 19.5. The molecule has 0 aliphatic carbocycles. The highest BCUT2D eigenvalue weighted by Gasteiger charge is 1.95. The van der Waals surface area contributed by atoms with E-state index in [-0.39, 0.29) is 0 Å². The van der Waals surface area contributed by atoms with Crippen LogP contribution in [-0.4, -0.2) is 0 Å². The van der Waals surface area contributed by atoms with Crippen LogP contribution in [0.2, 0.25) is 0 Å². The van der Waals surface area contributed by atoms with Crippen LogP contribution in [0.25, 0.3) is 20.9 Å². The standard InChI is InChI=1S/C12H9N7/c13-18-16-11-5-1-9(2-6-11)15-10-3-7-12(8-4-10)17-19-14/h1-8,15H. The van der Waals surface area contributed by atoms with Gasteiger partial charge in [0.05, 0.1) is 0 Å². The molecule has 2 aromatic carbocycles. The zero-order valence-corrected chi connectivity index (χ0v) is 9.80. The summed E-state index contributed by atoms with van der Waals surface area (Å²) in [6, 6.07) is 14.1. The molecule has 0 bridgehead atoms. The van der Waals surface area contributed by atoms with Crippen LogP contribution in [0.15, 0.2) is 58.8 Å². The van der Waals surface area contributed by atoms with Gasteiger partial charge in [-0.15, -0.1) is 0 Å². The number of benzene rings is 2. The average Bonchev–Trinajstić information content (AvgIpc) is 2.44. The Labute approximate surface area is 108 Å². The minimum absolute atomic E-state index is 0.562. The Morgan fingerprint density at radius 2 is 1.05 bits per heavy atom. The fourth-order valence-corrected chi connectivity index (χ4v) is 1.49. The van der Waals surface area contributed by atoms with Crippen LogP contribution in [0.3, 0.4) is 0 Å². The summed E-state index contributed by atoms with van der Waals surface area (Å²) >= 11 is 0. The highest BCUT2D eigenvalue weighted by Crippen LogP contribution is 2.22. The van der Waals surface area contributed by atoms with E-state index in [1.807, 2.05) is 24.3 Å². The summed E-state index contributed by atoms with van der Waals surface area (Å²) in [4.78, 5) is 5.42. The van der Waals surface area contributed by atoms with E-state index in [9.17, 15) is 0 Å². The molecular weight excluding hydrogens is 242 g/mol. The van der Waals surface area contributed by atoms with Gasteiger partial charge in [-0.05, 0) is 35.3 Å². The van der Waals surface area contributed by atoms with Gasteiger partial charge in [-0.2, -0.15) is 0 Å². The van der Waals surface area contributed by atoms with Crippen molar-refractivity contribution >= 4 is 22.7 Å². The van der Waals surface area contributed by atoms with Crippen LogP contribution >= 0.6 is 0 Å². The molecule has 0 heterocycles. The molecular formula is C12H9N7. The van der Waals surface area contributed by atoms with Gasteiger partial charge < -0.3 is 5.32 Å². The fraction of sp³-hybridized carbons (Fsp3) is 0. The van der Waals surface area contributed by atoms with Crippen molar-refractivity contribution in [2.45, 2.75) is 0 Å². The minimum Gasteiger partial charge on any atom is -0.356 e. The first-order valence-electron chi connectivity index (χ1n) is 5.39. The first-order valence-corrected chi connectivity index (χ1v) is 5.39. The lowest BCUT2D eigenvalue weighted by Crippen LogP contribution is -1.88. The Balaban J connectivity index is 2.11. The predicted octanol–water partition coefficient (Wildman–Crippen LogP) is 5.31. The van der Waals surface area contributed by atoms with E-state index in [1.165, 1.54) is 0 Å². The van der Waals surface area contributed by atoms with Crippen molar-refractivity contribution in [1.82, 2.24) is 0 Å². The number of hydrogen-bond acceptors (Lipinski definition) is 3. The molecule has 0 aliphatic heterocycles. The first-order chi connectivity index (χ1) is 9.31. The molecule has 0 saturated heterocycles. The average molecular weight is 251 g/mol. The third-order valence-electron chi connectivity index (χ3n) is 2.34. The van der Waals surface area contributed by atoms with Gasteiger partial charge in [0.25, 0.3) is 0 Å². The zero-order chi connectivity index (χ0) is 13.5. The molecule has 0 saturated carbocycles. The molecule has 0 aromatic heterocycles. The molecule has 2 rings (SSSR count). The normalized spacial score (nSPS) is 9.05. The molecule has 1 N–H and O–H groups in total. The SMILES string of the molecule is [N-]=[N+]=Nc1ccc(Nc2ccc(N=[N+]=[N-])cc2)cc1. The Hall–Kier alpha value is -3.14. The summed E-state index contributed by atoms with van der Waals surface area (Å²) in [5, 5.41) is 10.2. The van der Waals surface area contributed by atoms with Gasteiger partial charge in [-0.1, -0.05) is 34.5 Å². The highest BCUT2D eigenvalue weighted by atomic mass is 15.1. The van der Waals surface area contributed by atoms with Crippen molar-refractivity contribution in [3.8, 4) is 0 Å². The third-order valence-corrected chi connectivity index (χ3v) is 2.34. The Bertz CT molecular complexity index is 588. The van der Waals surface area contributed by atoms with Crippen LogP contribution in [0.5, 0.6) is 0 Å². The molecule has 0 fully saturated rings. The summed E-state index contributed by atoms with van der Waals surface area (Å²) in [7, 11) is 0. The Morgan fingerprint density at radius 3 is 1.37 bits per heavy atom. The van der Waals surface area contributed by atoms with E-state index >= 15 is 0 Å². The maximum absolute atomic E-state index is 8.30. The van der Waals surface area contributed by atoms with Crippen molar-refractivity contribution in [1.29, 1.82) is 0 Å². The van der Waals surface area contributed by atoms with Gasteiger partial charge >= 0.3 is 0 Å². The summed E-state index contributed by atoms with van der Waals surface area (Å²) in [6.07, 6.45) is 0. The van der Waals surface area contributed by atoms with Crippen molar-refractivity contribution in [2.75, 3.05) is 5.32 Å². The first kappa shape index (κ1) is 12.3. The van der Waals surface area contributed by atoms with Crippen LogP contribution in [-0.2, 0) is 0 Å². The van der Waals surface area contributed by atoms with E-state index in [0.29, 0.717) is 11.4 Å². The largest absolute Gasteiger partial charge is 0.356 e. The molecule has 2 aromatic rings. The smallest absolute Gasteiger partial charge is 0.0384 e. The molecule has 0 spiro atoms. The number of hydrogen-bond donors (Lipinski definition) is 1. The summed E-state index contributed by atoms with van der Waals surface area (Å²) < 4.78 is 0. The van der Waals surface area contributed by atoms with Gasteiger partial charge in [0.2, 0.25) is 0 Å². The molecule has 0 amide bonds. The van der Waals surface area contributed by atoms with Gasteiger partial charge in [-0.25, -0.2) is 0 Å². The lowest BCUT2D eigenvalue weighted by Gasteiger charge is -2.06. The second kappa shape index (κ2) is 5.97. The molecule has 7 nitrogen and oxygen atoms in total. The second-order valence-electron chi connectivity index (χ2n) is 3.60. The quantitative estimate of drug-likeness (QED) is 0.443. The highest BCUT2D eigenvalue weighted by molar-refractivity contribution is 5.63. The molecule has 19 heavy (non-hydrogen) atoms. The van der Waals surface area contributed by atoms with Gasteiger partial charge in [0.15, 0.2) is 0 Å². The molecule has 92 valence electrons. The Morgan fingerprint density at radius 1 is 0.684 bits per heavy atom. The zero-order valence-electron chi connectivity index (χ0n) is 9.80. The lowest BCUT2D eigenvalue weighted by molar-refractivity contribution is 1.45. The predicted molar refractivity (Wildman–Crippen MR) is 73.8 cm³/mol. The number of nitrogens with one attached hydrogen (secondary N) is 1. The Kier molecular flexibility index (Phi) is 3.87. The van der Waals surface area contributed by atoms with Crippen molar-refractivity contribution in [3.63, 3.8) is 0 Å². The van der Waals surface area contributed by atoms with Crippen molar-refractivity contribution in [3.05, 3.63) is 69.4 Å². The number of nitrogens with zero attached hydrogens (tertiary/aromatic N) is 6. The van der Waals surface area contributed by atoms with Gasteiger partial charge in [-0.3, -0.25) is 0 Å². The number of rotatable bonds is 4. The van der Waals surface area contributed by atoms with Gasteiger partial charge in [0.1, 0.15) is 0 Å².